The molecule has 5 aromatic rings. The third kappa shape index (κ3) is 6.96. The molecule has 1 aliphatic rings. The van der Waals surface area contributed by atoms with Gasteiger partial charge in [-0.1, -0.05) is 12.1 Å². The average molecular weight is 648 g/mol. The molecule has 1 aliphatic heterocycles. The van der Waals surface area contributed by atoms with Crippen LogP contribution in [0.1, 0.15) is 25.3 Å². The Bertz CT molecular complexity index is 2000. The molecule has 1 unspecified atom stereocenters. The number of likely N-dealkylation sites (tertiary alicyclic amines) is 1. The Hall–Kier alpha value is -4.43. The maximum absolute atomic E-state index is 15.1. The first-order valence-electron chi connectivity index (χ1n) is 14.1. The van der Waals surface area contributed by atoms with Crippen molar-refractivity contribution in [2.45, 2.75) is 36.9 Å². The zero-order valence-corrected chi connectivity index (χ0v) is 26.1. The van der Waals surface area contributed by atoms with Crippen molar-refractivity contribution in [2.24, 2.45) is 0 Å². The van der Waals surface area contributed by atoms with Gasteiger partial charge in [-0.25, -0.2) is 17.6 Å². The van der Waals surface area contributed by atoms with E-state index in [-0.39, 0.29) is 22.0 Å². The zero-order valence-electron chi connectivity index (χ0n) is 24.5. The second-order valence-corrected chi connectivity index (χ2v) is 14.1. The van der Waals surface area contributed by atoms with Gasteiger partial charge in [0, 0.05) is 55.2 Å². The van der Waals surface area contributed by atoms with Crippen LogP contribution in [0.5, 0.6) is 11.5 Å². The summed E-state index contributed by atoms with van der Waals surface area (Å²) in [6.07, 6.45) is 6.20. The SMILES string of the molecule is CC1(O)CCCN1Cc1ccc(-c2cc3nccc(Oc4ccc(NC(=O)Nc5cccc(S(C)(=O)=O)c5)cc4F)c3s2)nc1. The first-order valence-corrected chi connectivity index (χ1v) is 16.8. The van der Waals surface area contributed by atoms with Gasteiger partial charge in [0.05, 0.1) is 25.7 Å². The summed E-state index contributed by atoms with van der Waals surface area (Å²) in [5.41, 5.74) is 2.11. The number of urea groups is 1. The number of nitrogens with zero attached hydrogens (tertiary/aromatic N) is 3. The zero-order chi connectivity index (χ0) is 31.8. The van der Waals surface area contributed by atoms with E-state index in [1.54, 1.807) is 18.3 Å². The van der Waals surface area contributed by atoms with Gasteiger partial charge in [-0.2, -0.15) is 0 Å². The summed E-state index contributed by atoms with van der Waals surface area (Å²) in [6, 6.07) is 16.7. The van der Waals surface area contributed by atoms with Crippen LogP contribution >= 0.6 is 11.3 Å². The second-order valence-electron chi connectivity index (χ2n) is 11.1. The van der Waals surface area contributed by atoms with Crippen LogP contribution in [-0.2, 0) is 16.4 Å². The minimum Gasteiger partial charge on any atom is -0.453 e. The number of amides is 2. The number of nitrogens with one attached hydrogen (secondary N) is 2. The molecule has 1 saturated heterocycles. The number of pyridine rings is 2. The number of aromatic nitrogens is 2. The number of aliphatic hydroxyl groups is 1. The van der Waals surface area contributed by atoms with Crippen LogP contribution in [0.25, 0.3) is 20.8 Å². The molecular formula is C32H30FN5O5S2. The maximum atomic E-state index is 15.1. The Labute approximate surface area is 263 Å². The van der Waals surface area contributed by atoms with Crippen LogP contribution in [0, 0.1) is 5.82 Å². The van der Waals surface area contributed by atoms with Crippen LogP contribution < -0.4 is 15.4 Å². The van der Waals surface area contributed by atoms with E-state index in [0.29, 0.717) is 17.8 Å². The number of fused-ring (bicyclic) bond motifs is 1. The molecular weight excluding hydrogens is 618 g/mol. The number of anilines is 2. The van der Waals surface area contributed by atoms with E-state index in [1.807, 2.05) is 31.3 Å². The Kier molecular flexibility index (Phi) is 8.27. The molecule has 1 fully saturated rings. The van der Waals surface area contributed by atoms with Crippen molar-refractivity contribution >= 4 is 48.8 Å². The highest BCUT2D eigenvalue weighted by Gasteiger charge is 2.33. The lowest BCUT2D eigenvalue weighted by Gasteiger charge is -2.29. The number of rotatable bonds is 8. The molecule has 13 heteroatoms. The predicted octanol–water partition coefficient (Wildman–Crippen LogP) is 6.64. The Morgan fingerprint density at radius 1 is 1.07 bits per heavy atom. The molecule has 4 heterocycles. The molecule has 2 aromatic carbocycles. The number of ether oxygens (including phenoxy) is 1. The first-order chi connectivity index (χ1) is 21.4. The number of sulfone groups is 1. The fourth-order valence-electron chi connectivity index (χ4n) is 5.14. The number of thiophene rings is 1. The number of halogens is 1. The standard InChI is InChI=1S/C32H30FN5O5S2/c1-32(40)12-4-14-38(32)19-20-7-9-25(35-18-20)29-17-26-30(44-29)28(11-13-34-26)43-27-10-8-22(16-24(27)33)37-31(39)36-21-5-3-6-23(15-21)45(2,41)42/h3,5-11,13,15-18,40H,4,12,14,19H2,1-2H3,(H2,36,37,39). The fourth-order valence-corrected chi connectivity index (χ4v) is 6.85. The number of benzene rings is 2. The third-order valence-corrected chi connectivity index (χ3v) is 9.79. The Morgan fingerprint density at radius 3 is 2.56 bits per heavy atom. The number of carbonyl (C=O) groups excluding carboxylic acids is 1. The maximum Gasteiger partial charge on any atom is 0.323 e. The van der Waals surface area contributed by atoms with Crippen molar-refractivity contribution in [1.29, 1.82) is 0 Å². The van der Waals surface area contributed by atoms with Gasteiger partial charge >= 0.3 is 6.03 Å². The summed E-state index contributed by atoms with van der Waals surface area (Å²) in [5, 5.41) is 15.6. The molecule has 3 N–H and O–H groups in total. The highest BCUT2D eigenvalue weighted by atomic mass is 32.2. The van der Waals surface area contributed by atoms with Crippen LogP contribution in [0.3, 0.4) is 0 Å². The van der Waals surface area contributed by atoms with Gasteiger partial charge in [0.15, 0.2) is 21.4 Å². The van der Waals surface area contributed by atoms with E-state index in [9.17, 15) is 18.3 Å². The first kappa shape index (κ1) is 30.6. The van der Waals surface area contributed by atoms with Crippen molar-refractivity contribution in [3.63, 3.8) is 0 Å². The molecule has 0 bridgehead atoms. The van der Waals surface area contributed by atoms with Crippen molar-refractivity contribution in [2.75, 3.05) is 23.4 Å². The van der Waals surface area contributed by atoms with Crippen molar-refractivity contribution in [1.82, 2.24) is 14.9 Å². The molecule has 0 aliphatic carbocycles. The molecule has 2 amide bonds. The lowest BCUT2D eigenvalue weighted by molar-refractivity contribution is -0.0687. The van der Waals surface area contributed by atoms with Gasteiger partial charge < -0.3 is 20.5 Å². The van der Waals surface area contributed by atoms with E-state index < -0.39 is 27.4 Å². The monoisotopic (exact) mass is 647 g/mol. The highest BCUT2D eigenvalue weighted by Crippen LogP contribution is 2.39. The van der Waals surface area contributed by atoms with Gasteiger partial charge in [-0.15, -0.1) is 11.3 Å². The molecule has 0 saturated carbocycles. The largest absolute Gasteiger partial charge is 0.453 e. The van der Waals surface area contributed by atoms with Crippen molar-refractivity contribution in [3.05, 3.63) is 90.5 Å². The summed E-state index contributed by atoms with van der Waals surface area (Å²) < 4.78 is 45.3. The molecule has 1 atom stereocenters. The van der Waals surface area contributed by atoms with E-state index in [4.69, 9.17) is 4.74 Å². The van der Waals surface area contributed by atoms with Crippen LogP contribution in [0.4, 0.5) is 20.6 Å². The van der Waals surface area contributed by atoms with Gasteiger partial charge in [-0.05, 0) is 67.8 Å². The Morgan fingerprint density at radius 2 is 1.87 bits per heavy atom. The molecule has 232 valence electrons. The van der Waals surface area contributed by atoms with E-state index in [2.05, 4.69) is 25.5 Å². The van der Waals surface area contributed by atoms with Gasteiger partial charge in [0.25, 0.3) is 0 Å². The van der Waals surface area contributed by atoms with Crippen LogP contribution in [0.2, 0.25) is 0 Å². The summed E-state index contributed by atoms with van der Waals surface area (Å²) in [5.74, 6) is -0.306. The van der Waals surface area contributed by atoms with E-state index in [0.717, 1.165) is 52.5 Å². The topological polar surface area (TPSA) is 134 Å². The molecule has 6 rings (SSSR count). The minimum absolute atomic E-state index is 0.0375. The summed E-state index contributed by atoms with van der Waals surface area (Å²) in [6.45, 7) is 3.31. The predicted molar refractivity (Wildman–Crippen MR) is 172 cm³/mol. The lowest BCUT2D eigenvalue weighted by Crippen LogP contribution is -2.40. The second kappa shape index (κ2) is 12.2. The summed E-state index contributed by atoms with van der Waals surface area (Å²) in [4.78, 5) is 24.5. The summed E-state index contributed by atoms with van der Waals surface area (Å²) in [7, 11) is -3.44. The minimum atomic E-state index is -3.44. The lowest BCUT2D eigenvalue weighted by atomic mass is 10.1. The van der Waals surface area contributed by atoms with E-state index in [1.165, 1.54) is 41.7 Å². The molecule has 45 heavy (non-hydrogen) atoms. The fraction of sp³-hybridized carbons (Fsp3) is 0.219. The third-order valence-electron chi connectivity index (χ3n) is 7.52. The van der Waals surface area contributed by atoms with Gasteiger partial charge in [0.1, 0.15) is 11.5 Å². The van der Waals surface area contributed by atoms with E-state index >= 15 is 4.39 Å². The number of carbonyl (C=O) groups is 1. The van der Waals surface area contributed by atoms with Crippen molar-refractivity contribution in [3.8, 4) is 22.1 Å². The van der Waals surface area contributed by atoms with Gasteiger partial charge in [-0.3, -0.25) is 14.9 Å². The van der Waals surface area contributed by atoms with Gasteiger partial charge in [0.2, 0.25) is 0 Å². The van der Waals surface area contributed by atoms with Crippen LogP contribution in [0.15, 0.2) is 84.0 Å². The normalized spacial score (nSPS) is 17.0. The summed E-state index contributed by atoms with van der Waals surface area (Å²) >= 11 is 1.43. The smallest absolute Gasteiger partial charge is 0.323 e. The highest BCUT2D eigenvalue weighted by molar-refractivity contribution is 7.90. The number of hydrogen-bond donors (Lipinski definition) is 3. The number of hydrogen-bond acceptors (Lipinski definition) is 9. The Balaban J connectivity index is 1.14. The van der Waals surface area contributed by atoms with Crippen molar-refractivity contribution < 1.29 is 27.4 Å². The molecule has 0 spiro atoms. The molecule has 10 nitrogen and oxygen atoms in total. The van der Waals surface area contributed by atoms with Crippen LogP contribution in [-0.4, -0.2) is 52.9 Å². The molecule has 0 radical (unpaired) electrons. The average Bonchev–Trinajstić information content (AvgIpc) is 3.57. The quantitative estimate of drug-likeness (QED) is 0.171. The molecule has 3 aromatic heterocycles.